The highest BCUT2D eigenvalue weighted by molar-refractivity contribution is 6.29. The number of hydrogen-bond donors (Lipinski definition) is 0. The van der Waals surface area contributed by atoms with Crippen molar-refractivity contribution in [2.45, 2.75) is 19.8 Å². The Kier molecular flexibility index (Phi) is 1.74. The lowest BCUT2D eigenvalue weighted by molar-refractivity contribution is 1.05. The maximum atomic E-state index is 5.71. The van der Waals surface area contributed by atoms with E-state index in [2.05, 4.69) is 12.2 Å². The van der Waals surface area contributed by atoms with Gasteiger partial charge in [0.2, 0.25) is 0 Å². The van der Waals surface area contributed by atoms with Crippen LogP contribution in [0.5, 0.6) is 0 Å². The second-order valence-electron chi connectivity index (χ2n) is 2.00. The van der Waals surface area contributed by atoms with E-state index < -0.39 is 0 Å². The smallest absolute Gasteiger partial charge is 0.0181 e. The summed E-state index contributed by atoms with van der Waals surface area (Å²) in [7, 11) is 0. The van der Waals surface area contributed by atoms with E-state index in [1.54, 1.807) is 0 Å². The summed E-state index contributed by atoms with van der Waals surface area (Å²) in [6.45, 7) is 1.94. The Morgan fingerprint density at radius 1 is 1.75 bits per heavy atom. The summed E-state index contributed by atoms with van der Waals surface area (Å²) >= 11 is 5.71. The molecule has 0 unspecified atom stereocenters. The van der Waals surface area contributed by atoms with Crippen LogP contribution in [0.4, 0.5) is 0 Å². The van der Waals surface area contributed by atoms with Gasteiger partial charge in [0.15, 0.2) is 0 Å². The van der Waals surface area contributed by atoms with Gasteiger partial charge in [-0.3, -0.25) is 0 Å². The van der Waals surface area contributed by atoms with Gasteiger partial charge in [-0.1, -0.05) is 23.8 Å². The highest BCUT2D eigenvalue weighted by Gasteiger charge is 2.00. The summed E-state index contributed by atoms with van der Waals surface area (Å²) in [5.74, 6) is 0. The molecule has 0 aromatic rings. The molecular weight excluding hydrogens is 120 g/mol. The molecule has 0 aromatic heterocycles. The zero-order valence-corrected chi connectivity index (χ0v) is 5.70. The van der Waals surface area contributed by atoms with Crippen LogP contribution in [-0.4, -0.2) is 0 Å². The molecule has 0 amide bonds. The predicted octanol–water partition coefficient (Wildman–Crippen LogP) is 2.85. The average Bonchev–Trinajstić information content (AvgIpc) is 2.12. The van der Waals surface area contributed by atoms with Crippen LogP contribution >= 0.6 is 11.6 Å². The summed E-state index contributed by atoms with van der Waals surface area (Å²) < 4.78 is 0. The first-order valence-corrected chi connectivity index (χ1v) is 3.20. The normalized spacial score (nSPS) is 24.2. The lowest BCUT2D eigenvalue weighted by Gasteiger charge is -1.91. The molecule has 0 heterocycles. The molecule has 0 bridgehead atoms. The number of hydrogen-bond acceptors (Lipinski definition) is 0. The Morgan fingerprint density at radius 2 is 2.50 bits per heavy atom. The van der Waals surface area contributed by atoms with Crippen molar-refractivity contribution in [1.82, 2.24) is 0 Å². The first-order chi connectivity index (χ1) is 3.80. The van der Waals surface area contributed by atoms with Gasteiger partial charge in [-0.2, -0.15) is 0 Å². The van der Waals surface area contributed by atoms with Gasteiger partial charge >= 0.3 is 0 Å². The molecule has 0 saturated carbocycles. The molecule has 0 N–H and O–H groups in total. The first kappa shape index (κ1) is 5.90. The molecule has 8 heavy (non-hydrogen) atoms. The number of allylic oxidation sites excluding steroid dienone is 4. The molecule has 0 radical (unpaired) electrons. The molecule has 44 valence electrons. The molecule has 1 rings (SSSR count). The van der Waals surface area contributed by atoms with Gasteiger partial charge in [0, 0.05) is 5.03 Å². The van der Waals surface area contributed by atoms with Gasteiger partial charge < -0.3 is 0 Å². The van der Waals surface area contributed by atoms with Crippen molar-refractivity contribution in [2.75, 3.05) is 0 Å². The van der Waals surface area contributed by atoms with E-state index in [9.17, 15) is 0 Å². The van der Waals surface area contributed by atoms with Gasteiger partial charge in [0.1, 0.15) is 0 Å². The Balaban J connectivity index is 2.73. The Bertz CT molecular complexity index is 138. The maximum absolute atomic E-state index is 5.71. The van der Waals surface area contributed by atoms with Gasteiger partial charge in [0.05, 0.1) is 0 Å². The van der Waals surface area contributed by atoms with Gasteiger partial charge in [-0.15, -0.1) is 0 Å². The summed E-state index contributed by atoms with van der Waals surface area (Å²) in [4.78, 5) is 0. The van der Waals surface area contributed by atoms with Gasteiger partial charge in [0.25, 0.3) is 0 Å². The zero-order valence-electron chi connectivity index (χ0n) is 4.95. The predicted molar refractivity (Wildman–Crippen MR) is 36.9 cm³/mol. The van der Waals surface area contributed by atoms with E-state index in [4.69, 9.17) is 11.6 Å². The molecule has 0 nitrogen and oxygen atoms in total. The lowest BCUT2D eigenvalue weighted by atomic mass is 10.2. The van der Waals surface area contributed by atoms with Crippen molar-refractivity contribution in [3.05, 3.63) is 22.8 Å². The van der Waals surface area contributed by atoms with Crippen molar-refractivity contribution in [1.29, 1.82) is 0 Å². The standard InChI is InChI=1S/C7H9Cl/c1-6(8)7-4-2-3-5-7/h2,4H,3,5H2,1H3/b7-6+. The van der Waals surface area contributed by atoms with E-state index in [1.807, 2.05) is 6.92 Å². The molecule has 1 aliphatic rings. The molecular formula is C7H9Cl. The summed E-state index contributed by atoms with van der Waals surface area (Å²) in [5, 5.41) is 0.943. The third kappa shape index (κ3) is 1.13. The highest BCUT2D eigenvalue weighted by atomic mass is 35.5. The van der Waals surface area contributed by atoms with E-state index in [-0.39, 0.29) is 0 Å². The Hall–Kier alpha value is -0.230. The van der Waals surface area contributed by atoms with Crippen molar-refractivity contribution >= 4 is 11.6 Å². The number of halogens is 1. The van der Waals surface area contributed by atoms with Crippen molar-refractivity contribution in [2.24, 2.45) is 0 Å². The van der Waals surface area contributed by atoms with E-state index in [1.165, 1.54) is 12.0 Å². The first-order valence-electron chi connectivity index (χ1n) is 2.82. The van der Waals surface area contributed by atoms with Crippen molar-refractivity contribution < 1.29 is 0 Å². The lowest BCUT2D eigenvalue weighted by Crippen LogP contribution is -1.70. The van der Waals surface area contributed by atoms with Crippen LogP contribution in [0, 0.1) is 0 Å². The minimum absolute atomic E-state index is 0.943. The van der Waals surface area contributed by atoms with Crippen molar-refractivity contribution in [3.8, 4) is 0 Å². The minimum atomic E-state index is 0.943. The number of rotatable bonds is 0. The third-order valence-electron chi connectivity index (χ3n) is 1.34. The van der Waals surface area contributed by atoms with Crippen LogP contribution in [0.15, 0.2) is 22.8 Å². The third-order valence-corrected chi connectivity index (χ3v) is 1.58. The minimum Gasteiger partial charge on any atom is -0.0892 e. The second kappa shape index (κ2) is 2.36. The summed E-state index contributed by atoms with van der Waals surface area (Å²) in [6.07, 6.45) is 6.55. The molecule has 1 heteroatoms. The topological polar surface area (TPSA) is 0 Å². The SMILES string of the molecule is C/C(Cl)=C1/C=CCC1. The fourth-order valence-electron chi connectivity index (χ4n) is 0.835. The van der Waals surface area contributed by atoms with Crippen LogP contribution in [0.1, 0.15) is 19.8 Å². The molecule has 0 spiro atoms. The fourth-order valence-corrected chi connectivity index (χ4v) is 0.992. The van der Waals surface area contributed by atoms with Crippen LogP contribution in [0.25, 0.3) is 0 Å². The average molecular weight is 129 g/mol. The van der Waals surface area contributed by atoms with Gasteiger partial charge in [-0.25, -0.2) is 0 Å². The molecule has 0 saturated heterocycles. The monoisotopic (exact) mass is 128 g/mol. The van der Waals surface area contributed by atoms with Crippen LogP contribution < -0.4 is 0 Å². The Morgan fingerprint density at radius 3 is 2.75 bits per heavy atom. The molecule has 0 fully saturated rings. The quantitative estimate of drug-likeness (QED) is 0.471. The summed E-state index contributed by atoms with van der Waals surface area (Å²) in [6, 6.07) is 0. The van der Waals surface area contributed by atoms with Crippen LogP contribution in [0.2, 0.25) is 0 Å². The molecule has 0 aromatic carbocycles. The second-order valence-corrected chi connectivity index (χ2v) is 2.57. The zero-order chi connectivity index (χ0) is 5.98. The molecule has 0 aliphatic heterocycles. The highest BCUT2D eigenvalue weighted by Crippen LogP contribution is 2.21. The van der Waals surface area contributed by atoms with Crippen LogP contribution in [-0.2, 0) is 0 Å². The fraction of sp³-hybridized carbons (Fsp3) is 0.429. The van der Waals surface area contributed by atoms with Gasteiger partial charge in [-0.05, 0) is 25.3 Å². The molecule has 1 aliphatic carbocycles. The molecule has 0 atom stereocenters. The summed E-state index contributed by atoms with van der Waals surface area (Å²) in [5.41, 5.74) is 1.30. The van der Waals surface area contributed by atoms with E-state index in [0.29, 0.717) is 0 Å². The Labute approximate surface area is 54.8 Å². The van der Waals surface area contributed by atoms with Crippen molar-refractivity contribution in [3.63, 3.8) is 0 Å². The van der Waals surface area contributed by atoms with E-state index >= 15 is 0 Å². The maximum Gasteiger partial charge on any atom is 0.0181 e. The van der Waals surface area contributed by atoms with E-state index in [0.717, 1.165) is 11.5 Å². The largest absolute Gasteiger partial charge is 0.0892 e. The van der Waals surface area contributed by atoms with Crippen LogP contribution in [0.3, 0.4) is 0 Å².